The van der Waals surface area contributed by atoms with Crippen LogP contribution in [0.5, 0.6) is 0 Å². The van der Waals surface area contributed by atoms with Crippen LogP contribution in [0, 0.1) is 0 Å². The molecule has 6 nitrogen and oxygen atoms in total. The number of nitrogens with one attached hydrogen (secondary N) is 1. The first kappa shape index (κ1) is 15.0. The van der Waals surface area contributed by atoms with Gasteiger partial charge in [0.15, 0.2) is 0 Å². The van der Waals surface area contributed by atoms with Gasteiger partial charge in [0.1, 0.15) is 0 Å². The molecule has 0 aliphatic carbocycles. The summed E-state index contributed by atoms with van der Waals surface area (Å²) in [6.45, 7) is 0.808. The van der Waals surface area contributed by atoms with Crippen molar-refractivity contribution in [2.75, 3.05) is 13.1 Å². The average molecular weight is 297 g/mol. The second-order valence-corrected chi connectivity index (χ2v) is 6.29. The Morgan fingerprint density at radius 1 is 1.30 bits per heavy atom. The van der Waals surface area contributed by atoms with E-state index in [9.17, 15) is 13.2 Å². The minimum absolute atomic E-state index is 0.0634. The van der Waals surface area contributed by atoms with Crippen LogP contribution in [-0.4, -0.2) is 38.4 Å². The van der Waals surface area contributed by atoms with E-state index in [4.69, 9.17) is 5.14 Å². The summed E-state index contributed by atoms with van der Waals surface area (Å²) < 4.78 is 24.3. The molecule has 1 aliphatic heterocycles. The minimum Gasteiger partial charge on any atom is -0.334 e. The number of amides is 1. The average Bonchev–Trinajstić information content (AvgIpc) is 2.45. The van der Waals surface area contributed by atoms with Crippen LogP contribution in [0.3, 0.4) is 0 Å². The largest absolute Gasteiger partial charge is 0.334 e. The van der Waals surface area contributed by atoms with E-state index in [1.165, 1.54) is 0 Å². The Hall–Kier alpha value is -1.44. The van der Waals surface area contributed by atoms with E-state index in [0.717, 1.165) is 19.3 Å². The number of nitrogens with zero attached hydrogens (tertiary/aromatic N) is 1. The van der Waals surface area contributed by atoms with Gasteiger partial charge in [-0.2, -0.15) is 8.42 Å². The molecule has 110 valence electrons. The first-order valence-corrected chi connectivity index (χ1v) is 8.15. The minimum atomic E-state index is -3.73. The number of piperidine rings is 1. The molecule has 0 bridgehead atoms. The Balaban J connectivity index is 2.09. The molecule has 1 saturated heterocycles. The fraction of sp³-hybridized carbons (Fsp3) is 0.462. The number of hydrogen-bond donors (Lipinski definition) is 2. The van der Waals surface area contributed by atoms with Crippen molar-refractivity contribution in [1.82, 2.24) is 9.62 Å². The molecular weight excluding hydrogens is 278 g/mol. The lowest BCUT2D eigenvalue weighted by molar-refractivity contribution is 0.0618. The molecule has 0 spiro atoms. The van der Waals surface area contributed by atoms with E-state index in [2.05, 4.69) is 4.72 Å². The number of hydrogen-bond acceptors (Lipinski definition) is 3. The zero-order chi connectivity index (χ0) is 14.6. The maximum atomic E-state index is 12.5. The van der Waals surface area contributed by atoms with Crippen LogP contribution in [0.15, 0.2) is 30.3 Å². The highest BCUT2D eigenvalue weighted by atomic mass is 32.2. The van der Waals surface area contributed by atoms with Crippen LogP contribution >= 0.6 is 0 Å². The lowest BCUT2D eigenvalue weighted by Crippen LogP contribution is -2.50. The van der Waals surface area contributed by atoms with Gasteiger partial charge in [0.25, 0.3) is 16.1 Å². The van der Waals surface area contributed by atoms with Crippen molar-refractivity contribution in [3.05, 3.63) is 35.9 Å². The highest BCUT2D eigenvalue weighted by Gasteiger charge is 2.27. The summed E-state index contributed by atoms with van der Waals surface area (Å²) in [6, 6.07) is 8.87. The second-order valence-electron chi connectivity index (χ2n) is 4.91. The van der Waals surface area contributed by atoms with Gasteiger partial charge < -0.3 is 4.90 Å². The second kappa shape index (κ2) is 6.34. The van der Waals surface area contributed by atoms with E-state index in [0.29, 0.717) is 12.1 Å². The molecule has 7 heteroatoms. The van der Waals surface area contributed by atoms with Crippen LogP contribution in [0.4, 0.5) is 0 Å². The zero-order valence-electron chi connectivity index (χ0n) is 11.2. The monoisotopic (exact) mass is 297 g/mol. The van der Waals surface area contributed by atoms with E-state index in [1.54, 1.807) is 17.0 Å². The molecule has 1 aromatic rings. The van der Waals surface area contributed by atoms with Crippen molar-refractivity contribution >= 4 is 16.1 Å². The van der Waals surface area contributed by atoms with Crippen molar-refractivity contribution in [3.63, 3.8) is 0 Å². The van der Waals surface area contributed by atoms with Crippen molar-refractivity contribution in [2.45, 2.75) is 25.3 Å². The Morgan fingerprint density at radius 2 is 2.00 bits per heavy atom. The predicted molar refractivity (Wildman–Crippen MR) is 76.2 cm³/mol. The van der Waals surface area contributed by atoms with Crippen LogP contribution < -0.4 is 9.86 Å². The van der Waals surface area contributed by atoms with E-state index in [1.807, 2.05) is 18.2 Å². The normalized spacial score (nSPS) is 19.9. The van der Waals surface area contributed by atoms with Gasteiger partial charge in [0.05, 0.1) is 0 Å². The van der Waals surface area contributed by atoms with Crippen LogP contribution in [0.25, 0.3) is 0 Å². The SMILES string of the molecule is NS(=O)(=O)NCC1CCCCN1C(=O)c1ccccc1. The van der Waals surface area contributed by atoms with Gasteiger partial charge in [-0.05, 0) is 31.4 Å². The summed E-state index contributed by atoms with van der Waals surface area (Å²) in [7, 11) is -3.73. The third kappa shape index (κ3) is 4.03. The fourth-order valence-corrected chi connectivity index (χ4v) is 2.86. The third-order valence-electron chi connectivity index (χ3n) is 3.43. The smallest absolute Gasteiger partial charge is 0.274 e. The highest BCUT2D eigenvalue weighted by Crippen LogP contribution is 2.19. The summed E-state index contributed by atoms with van der Waals surface area (Å²) in [5, 5.41) is 4.94. The van der Waals surface area contributed by atoms with Gasteiger partial charge in [-0.25, -0.2) is 9.86 Å². The van der Waals surface area contributed by atoms with Gasteiger partial charge in [0, 0.05) is 24.7 Å². The van der Waals surface area contributed by atoms with E-state index in [-0.39, 0.29) is 18.5 Å². The molecule has 0 aromatic heterocycles. The number of rotatable bonds is 4. The van der Waals surface area contributed by atoms with Gasteiger partial charge in [0.2, 0.25) is 0 Å². The summed E-state index contributed by atoms with van der Waals surface area (Å²) in [6.07, 6.45) is 2.70. The summed E-state index contributed by atoms with van der Waals surface area (Å²) >= 11 is 0. The lowest BCUT2D eigenvalue weighted by Gasteiger charge is -2.35. The molecular formula is C13H19N3O3S. The summed E-state index contributed by atoms with van der Waals surface area (Å²) in [5.41, 5.74) is 0.620. The van der Waals surface area contributed by atoms with E-state index < -0.39 is 10.2 Å². The third-order valence-corrected chi connectivity index (χ3v) is 4.00. The number of carbonyl (C=O) groups is 1. The molecule has 1 heterocycles. The Kier molecular flexibility index (Phi) is 4.74. The number of benzene rings is 1. The van der Waals surface area contributed by atoms with Crippen molar-refractivity contribution in [1.29, 1.82) is 0 Å². The topological polar surface area (TPSA) is 92.5 Å². The molecule has 0 radical (unpaired) electrons. The maximum Gasteiger partial charge on any atom is 0.274 e. The van der Waals surface area contributed by atoms with Crippen molar-refractivity contribution in [3.8, 4) is 0 Å². The van der Waals surface area contributed by atoms with Crippen LogP contribution in [0.2, 0.25) is 0 Å². The number of carbonyl (C=O) groups excluding carboxylic acids is 1. The lowest BCUT2D eigenvalue weighted by atomic mass is 10.0. The fourth-order valence-electron chi connectivity index (χ4n) is 2.44. The summed E-state index contributed by atoms with van der Waals surface area (Å²) in [5.74, 6) is -0.0634. The molecule has 3 N–H and O–H groups in total. The van der Waals surface area contributed by atoms with Gasteiger partial charge >= 0.3 is 0 Å². The first-order chi connectivity index (χ1) is 9.47. The Bertz CT molecular complexity index is 559. The molecule has 1 fully saturated rings. The standard InChI is InChI=1S/C13H19N3O3S/c14-20(18,19)15-10-12-8-4-5-9-16(12)13(17)11-6-2-1-3-7-11/h1-3,6-7,12,15H,4-5,8-10H2,(H2,14,18,19). The molecule has 1 aromatic carbocycles. The predicted octanol–water partition coefficient (Wildman–Crippen LogP) is 0.474. The molecule has 20 heavy (non-hydrogen) atoms. The van der Waals surface area contributed by atoms with Gasteiger partial charge in [-0.3, -0.25) is 4.79 Å². The molecule has 1 unspecified atom stereocenters. The van der Waals surface area contributed by atoms with E-state index >= 15 is 0 Å². The van der Waals surface area contributed by atoms with Crippen molar-refractivity contribution in [2.24, 2.45) is 5.14 Å². The molecule has 2 rings (SSSR count). The molecule has 1 aliphatic rings. The van der Waals surface area contributed by atoms with Gasteiger partial charge in [-0.1, -0.05) is 18.2 Å². The Morgan fingerprint density at radius 3 is 2.65 bits per heavy atom. The molecule has 1 amide bonds. The quantitative estimate of drug-likeness (QED) is 0.846. The highest BCUT2D eigenvalue weighted by molar-refractivity contribution is 7.87. The summed E-state index contributed by atoms with van der Waals surface area (Å²) in [4.78, 5) is 14.2. The molecule has 0 saturated carbocycles. The molecule has 1 atom stereocenters. The first-order valence-electron chi connectivity index (χ1n) is 6.61. The van der Waals surface area contributed by atoms with Gasteiger partial charge in [-0.15, -0.1) is 0 Å². The zero-order valence-corrected chi connectivity index (χ0v) is 12.0. The Labute approximate surface area is 119 Å². The van der Waals surface area contributed by atoms with Crippen molar-refractivity contribution < 1.29 is 13.2 Å². The number of nitrogens with two attached hydrogens (primary N) is 1. The van der Waals surface area contributed by atoms with Crippen LogP contribution in [0.1, 0.15) is 29.6 Å². The number of likely N-dealkylation sites (tertiary alicyclic amines) is 1. The maximum absolute atomic E-state index is 12.5. The van der Waals surface area contributed by atoms with Crippen LogP contribution in [-0.2, 0) is 10.2 Å².